The largest absolute Gasteiger partial charge is 0.443 e. The predicted octanol–water partition coefficient (Wildman–Crippen LogP) is 2.61. The summed E-state index contributed by atoms with van der Waals surface area (Å²) in [6.07, 6.45) is -0.644. The van der Waals surface area contributed by atoms with Crippen LogP contribution < -0.4 is 10.9 Å². The van der Waals surface area contributed by atoms with Crippen molar-refractivity contribution in [3.63, 3.8) is 0 Å². The minimum atomic E-state index is -0.924. The normalized spacial score (nSPS) is 22.1. The van der Waals surface area contributed by atoms with Crippen LogP contribution in [0.1, 0.15) is 33.3 Å². The molecule has 0 bridgehead atoms. The van der Waals surface area contributed by atoms with E-state index in [0.29, 0.717) is 0 Å². The zero-order chi connectivity index (χ0) is 16.5. The van der Waals surface area contributed by atoms with Gasteiger partial charge in [-0.2, -0.15) is 0 Å². The molecule has 0 aliphatic carbocycles. The maximum atomic E-state index is 13.9. The Labute approximate surface area is 127 Å². The lowest BCUT2D eigenvalue weighted by molar-refractivity contribution is 0.0476. The molecule has 1 aromatic carbocycles. The molecule has 2 N–H and O–H groups in total. The van der Waals surface area contributed by atoms with Crippen molar-refractivity contribution in [2.45, 2.75) is 44.9 Å². The summed E-state index contributed by atoms with van der Waals surface area (Å²) in [7, 11) is 0. The smallest absolute Gasteiger partial charge is 0.422 e. The third-order valence-corrected chi connectivity index (χ3v) is 3.33. The predicted molar refractivity (Wildman–Crippen MR) is 76.0 cm³/mol. The minimum absolute atomic E-state index is 0.250. The van der Waals surface area contributed by atoms with Gasteiger partial charge in [0.2, 0.25) is 0 Å². The number of rotatable bonds is 4. The van der Waals surface area contributed by atoms with E-state index in [0.717, 1.165) is 6.07 Å². The molecule has 5 nitrogen and oxygen atoms in total. The highest BCUT2D eigenvalue weighted by Gasteiger charge is 2.53. The van der Waals surface area contributed by atoms with E-state index in [1.165, 1.54) is 12.1 Å². The fraction of sp³-hybridized carbons (Fsp3) is 0.533. The summed E-state index contributed by atoms with van der Waals surface area (Å²) in [5.74, 6) is -1.33. The third-order valence-electron chi connectivity index (χ3n) is 3.33. The fourth-order valence-corrected chi connectivity index (χ4v) is 2.14. The van der Waals surface area contributed by atoms with E-state index >= 15 is 0 Å². The van der Waals surface area contributed by atoms with Crippen LogP contribution >= 0.6 is 0 Å². The number of ether oxygens (including phenoxy) is 2. The molecule has 2 atom stereocenters. The van der Waals surface area contributed by atoms with Crippen molar-refractivity contribution >= 4 is 6.09 Å². The van der Waals surface area contributed by atoms with E-state index in [2.05, 4.69) is 10.9 Å². The van der Waals surface area contributed by atoms with Gasteiger partial charge in [0.1, 0.15) is 22.8 Å². The van der Waals surface area contributed by atoms with Gasteiger partial charge in [0.05, 0.1) is 12.6 Å². The van der Waals surface area contributed by atoms with Crippen LogP contribution in [0.4, 0.5) is 13.6 Å². The molecule has 1 heterocycles. The number of benzene rings is 1. The molecular weight excluding hydrogens is 294 g/mol. The van der Waals surface area contributed by atoms with Gasteiger partial charge in [0, 0.05) is 11.6 Å². The van der Waals surface area contributed by atoms with E-state index in [4.69, 9.17) is 9.47 Å². The number of amides is 1. The molecule has 7 heteroatoms. The molecule has 1 aliphatic heterocycles. The second-order valence-electron chi connectivity index (χ2n) is 6.30. The standard InChI is InChI=1S/C15H20F2N2O3/c1-9(18-19-13(20)22-14(2,3)4)15(8-21-15)11-6-5-10(16)7-12(11)17/h5-7,9,18H,8H2,1-4H3,(H,19,20)/t9-,15+/m1/s1. The van der Waals surface area contributed by atoms with Crippen LogP contribution in [-0.2, 0) is 15.1 Å². The minimum Gasteiger partial charge on any atom is -0.443 e. The molecule has 2 rings (SSSR count). The van der Waals surface area contributed by atoms with Crippen molar-refractivity contribution < 1.29 is 23.0 Å². The van der Waals surface area contributed by atoms with Gasteiger partial charge < -0.3 is 9.47 Å². The quantitative estimate of drug-likeness (QED) is 0.662. The Morgan fingerprint density at radius 1 is 1.41 bits per heavy atom. The first-order valence-corrected chi connectivity index (χ1v) is 6.98. The van der Waals surface area contributed by atoms with Crippen LogP contribution in [0.2, 0.25) is 0 Å². The van der Waals surface area contributed by atoms with Crippen LogP contribution in [0, 0.1) is 11.6 Å². The highest BCUT2D eigenvalue weighted by Crippen LogP contribution is 2.43. The number of halogens is 2. The van der Waals surface area contributed by atoms with Gasteiger partial charge in [0.15, 0.2) is 0 Å². The first kappa shape index (κ1) is 16.6. The Hall–Kier alpha value is -1.73. The second kappa shape index (κ2) is 5.81. The van der Waals surface area contributed by atoms with E-state index in [-0.39, 0.29) is 12.2 Å². The highest BCUT2D eigenvalue weighted by molar-refractivity contribution is 5.67. The molecule has 0 spiro atoms. The van der Waals surface area contributed by atoms with Crippen molar-refractivity contribution in [2.75, 3.05) is 6.61 Å². The molecule has 22 heavy (non-hydrogen) atoms. The van der Waals surface area contributed by atoms with Gasteiger partial charge in [-0.15, -0.1) is 0 Å². The molecule has 1 fully saturated rings. The van der Waals surface area contributed by atoms with E-state index < -0.39 is 35.0 Å². The van der Waals surface area contributed by atoms with Gasteiger partial charge >= 0.3 is 6.09 Å². The Kier molecular flexibility index (Phi) is 4.39. The molecule has 1 amide bonds. The van der Waals surface area contributed by atoms with Crippen molar-refractivity contribution in [3.05, 3.63) is 35.4 Å². The summed E-state index contributed by atoms with van der Waals surface area (Å²) in [5.41, 5.74) is 3.84. The lowest BCUT2D eigenvalue weighted by Gasteiger charge is -2.24. The van der Waals surface area contributed by atoms with Crippen LogP contribution in [-0.4, -0.2) is 24.3 Å². The molecule has 122 valence electrons. The van der Waals surface area contributed by atoms with Gasteiger partial charge in [-0.05, 0) is 33.8 Å². The average Bonchev–Trinajstić information content (AvgIpc) is 3.15. The summed E-state index contributed by atoms with van der Waals surface area (Å²) in [4.78, 5) is 11.6. The Morgan fingerprint density at radius 3 is 2.55 bits per heavy atom. The first-order chi connectivity index (χ1) is 10.1. The van der Waals surface area contributed by atoms with E-state index in [1.807, 2.05) is 0 Å². The van der Waals surface area contributed by atoms with Crippen molar-refractivity contribution in [2.24, 2.45) is 0 Å². The van der Waals surface area contributed by atoms with Crippen LogP contribution in [0.25, 0.3) is 0 Å². The summed E-state index contributed by atoms with van der Waals surface area (Å²) in [6, 6.07) is 2.91. The monoisotopic (exact) mass is 314 g/mol. The maximum absolute atomic E-state index is 13.9. The van der Waals surface area contributed by atoms with Gasteiger partial charge in [-0.1, -0.05) is 6.07 Å². The molecule has 0 radical (unpaired) electrons. The molecule has 0 unspecified atom stereocenters. The van der Waals surface area contributed by atoms with Crippen LogP contribution in [0.5, 0.6) is 0 Å². The molecule has 1 aromatic rings. The Bertz CT molecular complexity index is 568. The zero-order valence-electron chi connectivity index (χ0n) is 13.0. The number of hydrogen-bond donors (Lipinski definition) is 2. The Morgan fingerprint density at radius 2 is 2.05 bits per heavy atom. The van der Waals surface area contributed by atoms with Gasteiger partial charge in [-0.25, -0.2) is 19.0 Å². The van der Waals surface area contributed by atoms with Crippen molar-refractivity contribution in [1.82, 2.24) is 10.9 Å². The lowest BCUT2D eigenvalue weighted by Crippen LogP contribution is -2.50. The molecule has 1 aliphatic rings. The van der Waals surface area contributed by atoms with Crippen molar-refractivity contribution in [3.8, 4) is 0 Å². The fourth-order valence-electron chi connectivity index (χ4n) is 2.14. The van der Waals surface area contributed by atoms with Crippen molar-refractivity contribution in [1.29, 1.82) is 0 Å². The summed E-state index contributed by atoms with van der Waals surface area (Å²) in [6.45, 7) is 7.24. The highest BCUT2D eigenvalue weighted by atomic mass is 19.1. The number of carbonyl (C=O) groups excluding carboxylic acids is 1. The van der Waals surface area contributed by atoms with E-state index in [9.17, 15) is 13.6 Å². The van der Waals surface area contributed by atoms with Crippen LogP contribution in [0.3, 0.4) is 0 Å². The number of epoxide rings is 1. The molecule has 1 saturated heterocycles. The third kappa shape index (κ3) is 3.72. The molecule has 0 aromatic heterocycles. The van der Waals surface area contributed by atoms with Crippen LogP contribution in [0.15, 0.2) is 18.2 Å². The summed E-state index contributed by atoms with van der Waals surface area (Å²) in [5, 5.41) is 0. The first-order valence-electron chi connectivity index (χ1n) is 6.98. The van der Waals surface area contributed by atoms with E-state index in [1.54, 1.807) is 27.7 Å². The SMILES string of the molecule is C[C@@H](NNC(=O)OC(C)(C)C)[C@]1(c2ccc(F)cc2F)CO1. The topological polar surface area (TPSA) is 62.9 Å². The number of hydrazine groups is 1. The van der Waals surface area contributed by atoms with Gasteiger partial charge in [-0.3, -0.25) is 5.43 Å². The molecular formula is C15H20F2N2O3. The number of nitrogens with one attached hydrogen (secondary N) is 2. The summed E-state index contributed by atoms with van der Waals surface area (Å²) < 4.78 is 37.4. The maximum Gasteiger partial charge on any atom is 0.422 e. The molecule has 0 saturated carbocycles. The summed E-state index contributed by atoms with van der Waals surface area (Å²) >= 11 is 0. The zero-order valence-corrected chi connectivity index (χ0v) is 13.0. The second-order valence-corrected chi connectivity index (χ2v) is 6.30. The average molecular weight is 314 g/mol. The lowest BCUT2D eigenvalue weighted by atomic mass is 9.93. The number of hydrogen-bond acceptors (Lipinski definition) is 4. The van der Waals surface area contributed by atoms with Gasteiger partial charge in [0.25, 0.3) is 0 Å². The number of carbonyl (C=O) groups is 1. The Balaban J connectivity index is 2.00.